The van der Waals surface area contributed by atoms with Crippen molar-refractivity contribution in [3.8, 4) is 0 Å². The highest BCUT2D eigenvalue weighted by atomic mass is 16.1. The van der Waals surface area contributed by atoms with Gasteiger partial charge in [0.2, 0.25) is 0 Å². The molecule has 0 radical (unpaired) electrons. The van der Waals surface area contributed by atoms with Crippen LogP contribution >= 0.6 is 0 Å². The monoisotopic (exact) mass is 377 g/mol. The van der Waals surface area contributed by atoms with Gasteiger partial charge in [0.15, 0.2) is 0 Å². The fourth-order valence-electron chi connectivity index (χ4n) is 3.67. The zero-order valence-corrected chi connectivity index (χ0v) is 15.7. The van der Waals surface area contributed by atoms with Gasteiger partial charge in [-0.25, -0.2) is 4.98 Å². The summed E-state index contributed by atoms with van der Waals surface area (Å²) in [7, 11) is 0. The first-order valence-corrected chi connectivity index (χ1v) is 9.57. The normalized spacial score (nSPS) is 11.6. The molecular weight excluding hydrogens is 358 g/mol. The van der Waals surface area contributed by atoms with Gasteiger partial charge in [0, 0.05) is 29.2 Å². The first-order chi connectivity index (χ1) is 14.3. The molecule has 0 amide bonds. The molecule has 2 aromatic heterocycles. The molecule has 0 fully saturated rings. The molecule has 1 N–H and O–H groups in total. The second-order valence-corrected chi connectivity index (χ2v) is 7.02. The molecule has 29 heavy (non-hydrogen) atoms. The van der Waals surface area contributed by atoms with Crippen LogP contribution in [0.3, 0.4) is 0 Å². The molecule has 5 aromatic rings. The van der Waals surface area contributed by atoms with Gasteiger partial charge in [-0.3, -0.25) is 4.79 Å². The first-order valence-electron chi connectivity index (χ1n) is 9.57. The fourth-order valence-corrected chi connectivity index (χ4v) is 3.67. The van der Waals surface area contributed by atoms with Gasteiger partial charge in [0.1, 0.15) is 5.82 Å². The Bertz CT molecular complexity index is 1390. The Morgan fingerprint density at radius 3 is 2.41 bits per heavy atom. The van der Waals surface area contributed by atoms with E-state index in [1.807, 2.05) is 42.5 Å². The number of fused-ring (bicyclic) bond motifs is 2. The molecule has 0 saturated heterocycles. The number of hydrogen-bond acceptors (Lipinski definition) is 2. The number of hydrogen-bond donors (Lipinski definition) is 1. The van der Waals surface area contributed by atoms with E-state index < -0.39 is 0 Å². The molecule has 2 heterocycles. The Balaban J connectivity index is 1.55. The van der Waals surface area contributed by atoms with Gasteiger partial charge in [-0.15, -0.1) is 0 Å². The highest BCUT2D eigenvalue weighted by molar-refractivity contribution is 5.92. The summed E-state index contributed by atoms with van der Waals surface area (Å²) in [6.45, 7) is 0.806. The average molecular weight is 377 g/mol. The van der Waals surface area contributed by atoms with Crippen LogP contribution in [-0.2, 0) is 6.54 Å². The molecule has 4 nitrogen and oxygen atoms in total. The lowest BCUT2D eigenvalue weighted by Crippen LogP contribution is -2.09. The van der Waals surface area contributed by atoms with Crippen LogP contribution in [-0.4, -0.2) is 14.5 Å². The molecule has 140 valence electrons. The van der Waals surface area contributed by atoms with Crippen LogP contribution in [0.5, 0.6) is 0 Å². The van der Waals surface area contributed by atoms with E-state index in [0.29, 0.717) is 16.7 Å². The molecule has 0 aliphatic rings. The van der Waals surface area contributed by atoms with E-state index in [1.165, 1.54) is 16.5 Å². The van der Waals surface area contributed by atoms with Gasteiger partial charge >= 0.3 is 0 Å². The molecule has 0 aliphatic heterocycles. The Morgan fingerprint density at radius 2 is 1.55 bits per heavy atom. The molecule has 0 unspecified atom stereocenters. The van der Waals surface area contributed by atoms with Crippen LogP contribution in [0.15, 0.2) is 89.9 Å². The van der Waals surface area contributed by atoms with Gasteiger partial charge in [-0.1, -0.05) is 60.7 Å². The molecule has 0 atom stereocenters. The maximum absolute atomic E-state index is 12.3. The molecule has 0 saturated carbocycles. The number of aromatic nitrogens is 3. The molecule has 0 bridgehead atoms. The fraction of sp³-hybridized carbons (Fsp3) is 0.0400. The minimum Gasteiger partial charge on any atom is -0.342 e. The number of aromatic amines is 1. The number of para-hydroxylation sites is 2. The van der Waals surface area contributed by atoms with Crippen LogP contribution in [0.25, 0.3) is 34.0 Å². The summed E-state index contributed by atoms with van der Waals surface area (Å²) >= 11 is 0. The van der Waals surface area contributed by atoms with Crippen molar-refractivity contribution in [2.75, 3.05) is 0 Å². The number of rotatable bonds is 4. The molecule has 4 heteroatoms. The standard InChI is InChI=1S/C25H19N3O/c29-25-21-11-4-6-12-22(21)26-24(27-25)15-14-19-17-28(16-18-8-2-1-3-9-18)23-13-7-5-10-20(19)23/h1-15,17H,16H2,(H,26,27,29). The third-order valence-corrected chi connectivity index (χ3v) is 5.07. The third-order valence-electron chi connectivity index (χ3n) is 5.07. The van der Waals surface area contributed by atoms with E-state index in [-0.39, 0.29) is 5.56 Å². The van der Waals surface area contributed by atoms with Gasteiger partial charge in [-0.2, -0.15) is 0 Å². The van der Waals surface area contributed by atoms with Crippen molar-refractivity contribution in [3.05, 3.63) is 112 Å². The van der Waals surface area contributed by atoms with E-state index in [1.54, 1.807) is 6.07 Å². The first kappa shape index (κ1) is 17.2. The molecule has 3 aromatic carbocycles. The predicted molar refractivity (Wildman–Crippen MR) is 119 cm³/mol. The van der Waals surface area contributed by atoms with Crippen molar-refractivity contribution in [1.82, 2.24) is 14.5 Å². The second kappa shape index (κ2) is 7.24. The van der Waals surface area contributed by atoms with Crippen LogP contribution in [0, 0.1) is 0 Å². The summed E-state index contributed by atoms with van der Waals surface area (Å²) in [6, 6.07) is 26.1. The molecule has 0 aliphatic carbocycles. The Morgan fingerprint density at radius 1 is 0.828 bits per heavy atom. The Labute approximate surface area is 167 Å². The smallest absolute Gasteiger partial charge is 0.259 e. The zero-order chi connectivity index (χ0) is 19.6. The van der Waals surface area contributed by atoms with Crippen molar-refractivity contribution >= 4 is 34.0 Å². The van der Waals surface area contributed by atoms with Crippen LogP contribution in [0.2, 0.25) is 0 Å². The predicted octanol–water partition coefficient (Wildman–Crippen LogP) is 5.10. The van der Waals surface area contributed by atoms with Crippen LogP contribution in [0.1, 0.15) is 17.0 Å². The number of nitrogens with zero attached hydrogens (tertiary/aromatic N) is 2. The summed E-state index contributed by atoms with van der Waals surface area (Å²) in [6.07, 6.45) is 6.02. The van der Waals surface area contributed by atoms with E-state index >= 15 is 0 Å². The van der Waals surface area contributed by atoms with Gasteiger partial charge < -0.3 is 9.55 Å². The Kier molecular flexibility index (Phi) is 4.30. The van der Waals surface area contributed by atoms with Gasteiger partial charge in [-0.05, 0) is 35.9 Å². The minimum absolute atomic E-state index is 0.123. The van der Waals surface area contributed by atoms with Crippen molar-refractivity contribution in [1.29, 1.82) is 0 Å². The van der Waals surface area contributed by atoms with E-state index in [0.717, 1.165) is 12.1 Å². The van der Waals surface area contributed by atoms with Crippen LogP contribution in [0.4, 0.5) is 0 Å². The van der Waals surface area contributed by atoms with Crippen molar-refractivity contribution in [2.24, 2.45) is 0 Å². The molecule has 5 rings (SSSR count). The minimum atomic E-state index is -0.123. The van der Waals surface area contributed by atoms with Crippen LogP contribution < -0.4 is 5.56 Å². The van der Waals surface area contributed by atoms with E-state index in [4.69, 9.17) is 0 Å². The summed E-state index contributed by atoms with van der Waals surface area (Å²) in [5.41, 5.74) is 4.09. The van der Waals surface area contributed by atoms with E-state index in [2.05, 4.69) is 63.2 Å². The third kappa shape index (κ3) is 3.36. The van der Waals surface area contributed by atoms with Gasteiger partial charge in [0.05, 0.1) is 10.9 Å². The quantitative estimate of drug-likeness (QED) is 0.474. The average Bonchev–Trinajstić information content (AvgIpc) is 3.11. The summed E-state index contributed by atoms with van der Waals surface area (Å²) in [4.78, 5) is 19.7. The number of benzene rings is 3. The lowest BCUT2D eigenvalue weighted by Gasteiger charge is -2.05. The number of H-pyrrole nitrogens is 1. The number of nitrogens with one attached hydrogen (secondary N) is 1. The molecule has 0 spiro atoms. The second-order valence-electron chi connectivity index (χ2n) is 7.02. The largest absolute Gasteiger partial charge is 0.342 e. The van der Waals surface area contributed by atoms with Crippen molar-refractivity contribution < 1.29 is 0 Å². The van der Waals surface area contributed by atoms with E-state index in [9.17, 15) is 4.79 Å². The maximum Gasteiger partial charge on any atom is 0.259 e. The summed E-state index contributed by atoms with van der Waals surface area (Å²) in [5, 5.41) is 1.77. The summed E-state index contributed by atoms with van der Waals surface area (Å²) < 4.78 is 2.25. The van der Waals surface area contributed by atoms with Crippen molar-refractivity contribution in [3.63, 3.8) is 0 Å². The highest BCUT2D eigenvalue weighted by Crippen LogP contribution is 2.24. The maximum atomic E-state index is 12.3. The van der Waals surface area contributed by atoms with Crippen molar-refractivity contribution in [2.45, 2.75) is 6.54 Å². The molecular formula is C25H19N3O. The van der Waals surface area contributed by atoms with Gasteiger partial charge in [0.25, 0.3) is 5.56 Å². The zero-order valence-electron chi connectivity index (χ0n) is 15.7. The topological polar surface area (TPSA) is 50.7 Å². The highest BCUT2D eigenvalue weighted by Gasteiger charge is 2.07. The lowest BCUT2D eigenvalue weighted by molar-refractivity contribution is 0.836. The SMILES string of the molecule is O=c1[nH]c(C=Cc2cn(Cc3ccccc3)c3ccccc23)nc2ccccc12. The summed E-state index contributed by atoms with van der Waals surface area (Å²) in [5.74, 6) is 0.550. The Hall–Kier alpha value is -3.92. The lowest BCUT2D eigenvalue weighted by atomic mass is 10.1.